The number of nitrogens with one attached hydrogen (secondary N) is 1. The van der Waals surface area contributed by atoms with Gasteiger partial charge in [0.05, 0.1) is 23.9 Å². The molecular formula is C17H12ClN3O2. The summed E-state index contributed by atoms with van der Waals surface area (Å²) in [7, 11) is 1.62. The molecule has 0 aliphatic heterocycles. The summed E-state index contributed by atoms with van der Waals surface area (Å²) in [6, 6.07) is 11.3. The van der Waals surface area contributed by atoms with Crippen molar-refractivity contribution in [3.05, 3.63) is 54.0 Å². The van der Waals surface area contributed by atoms with Crippen LogP contribution in [0.4, 0.5) is 11.5 Å². The van der Waals surface area contributed by atoms with E-state index in [9.17, 15) is 0 Å². The molecule has 2 heterocycles. The van der Waals surface area contributed by atoms with Crippen LogP contribution in [-0.4, -0.2) is 17.1 Å². The first kappa shape index (κ1) is 13.8. The Labute approximate surface area is 136 Å². The van der Waals surface area contributed by atoms with Gasteiger partial charge in [0, 0.05) is 10.8 Å². The third-order valence-electron chi connectivity index (χ3n) is 3.66. The van der Waals surface area contributed by atoms with E-state index in [0.29, 0.717) is 22.1 Å². The third kappa shape index (κ3) is 2.35. The summed E-state index contributed by atoms with van der Waals surface area (Å²) in [6.45, 7) is 0. The Hall–Kier alpha value is -2.79. The number of halogens is 1. The smallest absolute Gasteiger partial charge is 0.158 e. The van der Waals surface area contributed by atoms with Crippen LogP contribution in [0.5, 0.6) is 5.75 Å². The number of aromatic nitrogens is 2. The van der Waals surface area contributed by atoms with Gasteiger partial charge >= 0.3 is 0 Å². The number of ether oxygens (including phenoxy) is 1. The molecule has 4 aromatic rings. The predicted octanol–water partition coefficient (Wildman–Crippen LogP) is 4.78. The molecule has 0 fully saturated rings. The maximum absolute atomic E-state index is 6.33. The van der Waals surface area contributed by atoms with Gasteiger partial charge in [0.1, 0.15) is 23.6 Å². The van der Waals surface area contributed by atoms with E-state index in [0.717, 1.165) is 22.0 Å². The SMILES string of the molecule is COc1ccc2ncnc(Nc3c(Cl)ccc4ccoc34)c2c1. The third-order valence-corrected chi connectivity index (χ3v) is 3.97. The summed E-state index contributed by atoms with van der Waals surface area (Å²) in [6.07, 6.45) is 3.14. The van der Waals surface area contributed by atoms with Crippen LogP contribution in [0.2, 0.25) is 5.02 Å². The van der Waals surface area contributed by atoms with Crippen LogP contribution in [0, 0.1) is 0 Å². The number of methoxy groups -OCH3 is 1. The topological polar surface area (TPSA) is 60.2 Å². The van der Waals surface area contributed by atoms with Gasteiger partial charge < -0.3 is 14.5 Å². The lowest BCUT2D eigenvalue weighted by atomic mass is 10.2. The van der Waals surface area contributed by atoms with Crippen molar-refractivity contribution >= 4 is 45.0 Å². The quantitative estimate of drug-likeness (QED) is 0.587. The number of furan rings is 1. The highest BCUT2D eigenvalue weighted by molar-refractivity contribution is 6.35. The number of hydrogen-bond donors (Lipinski definition) is 1. The molecule has 0 saturated carbocycles. The summed E-state index contributed by atoms with van der Waals surface area (Å²) < 4.78 is 10.8. The maximum atomic E-state index is 6.33. The van der Waals surface area contributed by atoms with Gasteiger partial charge in [0.15, 0.2) is 5.58 Å². The molecule has 4 rings (SSSR count). The Morgan fingerprint density at radius 3 is 2.91 bits per heavy atom. The van der Waals surface area contributed by atoms with Gasteiger partial charge in [-0.3, -0.25) is 0 Å². The zero-order valence-electron chi connectivity index (χ0n) is 12.2. The van der Waals surface area contributed by atoms with E-state index >= 15 is 0 Å². The van der Waals surface area contributed by atoms with Crippen LogP contribution in [0.3, 0.4) is 0 Å². The van der Waals surface area contributed by atoms with Crippen LogP contribution in [-0.2, 0) is 0 Å². The number of anilines is 2. The van der Waals surface area contributed by atoms with Crippen molar-refractivity contribution in [2.24, 2.45) is 0 Å². The van der Waals surface area contributed by atoms with Gasteiger partial charge in [0.2, 0.25) is 0 Å². The highest BCUT2D eigenvalue weighted by Gasteiger charge is 2.12. The fourth-order valence-corrected chi connectivity index (χ4v) is 2.70. The van der Waals surface area contributed by atoms with Gasteiger partial charge in [-0.2, -0.15) is 0 Å². The van der Waals surface area contributed by atoms with Crippen molar-refractivity contribution in [1.82, 2.24) is 9.97 Å². The summed E-state index contributed by atoms with van der Waals surface area (Å²) >= 11 is 6.33. The zero-order chi connectivity index (χ0) is 15.8. The minimum Gasteiger partial charge on any atom is -0.497 e. The van der Waals surface area contributed by atoms with Crippen molar-refractivity contribution in [2.75, 3.05) is 12.4 Å². The average Bonchev–Trinajstić information content (AvgIpc) is 3.06. The molecule has 0 aliphatic carbocycles. The number of nitrogens with zero attached hydrogens (tertiary/aromatic N) is 2. The lowest BCUT2D eigenvalue weighted by molar-refractivity contribution is 0.415. The fraction of sp³-hybridized carbons (Fsp3) is 0.0588. The molecule has 6 heteroatoms. The Morgan fingerprint density at radius 2 is 2.04 bits per heavy atom. The van der Waals surface area contributed by atoms with Gasteiger partial charge in [0.25, 0.3) is 0 Å². The second-order valence-electron chi connectivity index (χ2n) is 4.99. The highest BCUT2D eigenvalue weighted by Crippen LogP contribution is 2.35. The molecule has 2 aromatic heterocycles. The van der Waals surface area contributed by atoms with Gasteiger partial charge in [-0.05, 0) is 36.4 Å². The lowest BCUT2D eigenvalue weighted by Crippen LogP contribution is -1.97. The van der Waals surface area contributed by atoms with E-state index < -0.39 is 0 Å². The first-order chi connectivity index (χ1) is 11.3. The molecule has 0 spiro atoms. The Morgan fingerprint density at radius 1 is 1.13 bits per heavy atom. The monoisotopic (exact) mass is 325 g/mol. The van der Waals surface area contributed by atoms with Crippen LogP contribution in [0.25, 0.3) is 21.9 Å². The molecule has 1 N–H and O–H groups in total. The first-order valence-electron chi connectivity index (χ1n) is 6.98. The van der Waals surface area contributed by atoms with E-state index in [2.05, 4.69) is 15.3 Å². The molecule has 5 nitrogen and oxygen atoms in total. The number of rotatable bonds is 3. The average molecular weight is 326 g/mol. The van der Waals surface area contributed by atoms with Crippen LogP contribution >= 0.6 is 11.6 Å². The summed E-state index contributed by atoms with van der Waals surface area (Å²) in [5, 5.41) is 5.63. The molecule has 23 heavy (non-hydrogen) atoms. The molecule has 0 atom stereocenters. The lowest BCUT2D eigenvalue weighted by Gasteiger charge is -2.11. The van der Waals surface area contributed by atoms with Crippen LogP contribution in [0.15, 0.2) is 53.4 Å². The van der Waals surface area contributed by atoms with E-state index in [1.54, 1.807) is 13.4 Å². The molecule has 0 unspecified atom stereocenters. The minimum absolute atomic E-state index is 0.558. The minimum atomic E-state index is 0.558. The van der Waals surface area contributed by atoms with E-state index in [-0.39, 0.29) is 0 Å². The fourth-order valence-electron chi connectivity index (χ4n) is 2.51. The first-order valence-corrected chi connectivity index (χ1v) is 7.35. The van der Waals surface area contributed by atoms with Crippen molar-refractivity contribution in [3.63, 3.8) is 0 Å². The zero-order valence-corrected chi connectivity index (χ0v) is 13.0. The summed E-state index contributed by atoms with van der Waals surface area (Å²) in [5.74, 6) is 1.37. The maximum Gasteiger partial charge on any atom is 0.158 e. The number of hydrogen-bond acceptors (Lipinski definition) is 5. The molecule has 0 aliphatic rings. The van der Waals surface area contributed by atoms with Gasteiger partial charge in [-0.25, -0.2) is 9.97 Å². The van der Waals surface area contributed by atoms with Crippen molar-refractivity contribution < 1.29 is 9.15 Å². The van der Waals surface area contributed by atoms with Crippen molar-refractivity contribution in [1.29, 1.82) is 0 Å². The largest absolute Gasteiger partial charge is 0.497 e. The van der Waals surface area contributed by atoms with Crippen molar-refractivity contribution in [2.45, 2.75) is 0 Å². The van der Waals surface area contributed by atoms with E-state index in [1.165, 1.54) is 6.33 Å². The highest BCUT2D eigenvalue weighted by atomic mass is 35.5. The summed E-state index contributed by atoms with van der Waals surface area (Å²) in [4.78, 5) is 8.60. The van der Waals surface area contributed by atoms with Gasteiger partial charge in [-0.15, -0.1) is 0 Å². The molecule has 0 saturated heterocycles. The van der Waals surface area contributed by atoms with E-state index in [4.69, 9.17) is 20.8 Å². The molecule has 0 radical (unpaired) electrons. The second-order valence-corrected chi connectivity index (χ2v) is 5.40. The Kier molecular flexibility index (Phi) is 3.28. The normalized spacial score (nSPS) is 11.0. The molecule has 0 amide bonds. The predicted molar refractivity (Wildman–Crippen MR) is 90.6 cm³/mol. The van der Waals surface area contributed by atoms with E-state index in [1.807, 2.05) is 36.4 Å². The Balaban J connectivity index is 1.89. The van der Waals surface area contributed by atoms with Gasteiger partial charge in [-0.1, -0.05) is 11.6 Å². The molecule has 2 aromatic carbocycles. The Bertz CT molecular complexity index is 1010. The molecule has 0 bridgehead atoms. The molecule has 114 valence electrons. The number of benzene rings is 2. The van der Waals surface area contributed by atoms with Crippen molar-refractivity contribution in [3.8, 4) is 5.75 Å². The molecular weight excluding hydrogens is 314 g/mol. The standard InChI is InChI=1S/C17H12ClN3O2/c1-22-11-3-5-14-12(8-11)17(20-9-19-14)21-15-13(18)4-2-10-6-7-23-16(10)15/h2-9H,1H3,(H,19,20,21). The van der Waals surface area contributed by atoms with Crippen LogP contribution < -0.4 is 10.1 Å². The van der Waals surface area contributed by atoms with Crippen LogP contribution in [0.1, 0.15) is 0 Å². The number of fused-ring (bicyclic) bond motifs is 2. The summed E-state index contributed by atoms with van der Waals surface area (Å²) in [5.41, 5.74) is 2.18. The second kappa shape index (κ2) is 5.44.